The standard InChI is InChI=1S/C10H11N3/c1-7-5-8-9(12-6-7)3-2-4-10(8)13-11/h2-6,13H,11H2,1H3. The number of aryl methyl sites for hydroxylation is 1. The molecule has 13 heavy (non-hydrogen) atoms. The van der Waals surface area contributed by atoms with E-state index >= 15 is 0 Å². The molecule has 0 radical (unpaired) electrons. The summed E-state index contributed by atoms with van der Waals surface area (Å²) in [6.07, 6.45) is 1.85. The predicted octanol–water partition coefficient (Wildman–Crippen LogP) is 1.83. The minimum absolute atomic E-state index is 0.911. The number of hydrogen-bond donors (Lipinski definition) is 2. The molecular formula is C10H11N3. The van der Waals surface area contributed by atoms with Gasteiger partial charge in [-0.3, -0.25) is 10.8 Å². The molecule has 0 unspecified atom stereocenters. The van der Waals surface area contributed by atoms with Crippen LogP contribution in [0, 0.1) is 6.92 Å². The second-order valence-electron chi connectivity index (χ2n) is 3.03. The van der Waals surface area contributed by atoms with Crippen molar-refractivity contribution in [3.63, 3.8) is 0 Å². The normalized spacial score (nSPS) is 10.3. The molecule has 3 nitrogen and oxygen atoms in total. The Labute approximate surface area is 76.6 Å². The van der Waals surface area contributed by atoms with E-state index in [0.29, 0.717) is 0 Å². The summed E-state index contributed by atoms with van der Waals surface area (Å²) >= 11 is 0. The number of benzene rings is 1. The Morgan fingerprint density at radius 1 is 1.38 bits per heavy atom. The zero-order chi connectivity index (χ0) is 9.26. The second kappa shape index (κ2) is 3.03. The molecule has 66 valence electrons. The van der Waals surface area contributed by atoms with Gasteiger partial charge in [0.15, 0.2) is 0 Å². The molecule has 0 bridgehead atoms. The zero-order valence-electron chi connectivity index (χ0n) is 7.41. The fourth-order valence-electron chi connectivity index (χ4n) is 1.38. The first kappa shape index (κ1) is 8.01. The molecule has 0 aliphatic heterocycles. The third-order valence-corrected chi connectivity index (χ3v) is 2.02. The van der Waals surface area contributed by atoms with Gasteiger partial charge in [-0.15, -0.1) is 0 Å². The topological polar surface area (TPSA) is 50.9 Å². The highest BCUT2D eigenvalue weighted by atomic mass is 15.2. The third-order valence-electron chi connectivity index (χ3n) is 2.02. The SMILES string of the molecule is Cc1cnc2cccc(NN)c2c1. The molecule has 1 aromatic carbocycles. The smallest absolute Gasteiger partial charge is 0.0723 e. The molecule has 3 heteroatoms. The maximum absolute atomic E-state index is 5.39. The maximum atomic E-state index is 5.39. The number of anilines is 1. The van der Waals surface area contributed by atoms with E-state index in [2.05, 4.69) is 16.5 Å². The van der Waals surface area contributed by atoms with Gasteiger partial charge in [0.25, 0.3) is 0 Å². The monoisotopic (exact) mass is 173 g/mol. The van der Waals surface area contributed by atoms with Gasteiger partial charge in [0, 0.05) is 11.6 Å². The average Bonchev–Trinajstić information content (AvgIpc) is 2.17. The molecule has 0 spiro atoms. The maximum Gasteiger partial charge on any atom is 0.0723 e. The quantitative estimate of drug-likeness (QED) is 0.511. The van der Waals surface area contributed by atoms with Crippen molar-refractivity contribution < 1.29 is 0 Å². The Bertz CT molecular complexity index is 437. The number of rotatable bonds is 1. The van der Waals surface area contributed by atoms with Gasteiger partial charge in [-0.05, 0) is 30.7 Å². The summed E-state index contributed by atoms with van der Waals surface area (Å²) in [6.45, 7) is 2.01. The van der Waals surface area contributed by atoms with Crippen LogP contribution in [0.15, 0.2) is 30.5 Å². The van der Waals surface area contributed by atoms with Gasteiger partial charge in [-0.2, -0.15) is 0 Å². The lowest BCUT2D eigenvalue weighted by molar-refractivity contribution is 1.32. The lowest BCUT2D eigenvalue weighted by Gasteiger charge is -2.04. The van der Waals surface area contributed by atoms with Crippen molar-refractivity contribution in [1.29, 1.82) is 0 Å². The van der Waals surface area contributed by atoms with E-state index in [0.717, 1.165) is 22.2 Å². The molecule has 0 amide bonds. The predicted molar refractivity (Wildman–Crippen MR) is 54.3 cm³/mol. The first-order chi connectivity index (χ1) is 6.31. The molecular weight excluding hydrogens is 162 g/mol. The van der Waals surface area contributed by atoms with Crippen molar-refractivity contribution >= 4 is 16.6 Å². The Hall–Kier alpha value is -1.61. The number of aromatic nitrogens is 1. The summed E-state index contributed by atoms with van der Waals surface area (Å²) < 4.78 is 0. The molecule has 2 aromatic rings. The van der Waals surface area contributed by atoms with Gasteiger partial charge in [0.05, 0.1) is 11.2 Å². The van der Waals surface area contributed by atoms with Crippen molar-refractivity contribution in [2.75, 3.05) is 5.43 Å². The molecule has 0 saturated carbocycles. The fourth-order valence-corrected chi connectivity index (χ4v) is 1.38. The summed E-state index contributed by atoms with van der Waals surface area (Å²) in [5.74, 6) is 5.39. The molecule has 0 aliphatic carbocycles. The van der Waals surface area contributed by atoms with Crippen molar-refractivity contribution in [2.24, 2.45) is 5.84 Å². The van der Waals surface area contributed by atoms with Crippen LogP contribution in [-0.4, -0.2) is 4.98 Å². The van der Waals surface area contributed by atoms with Crippen LogP contribution in [0.4, 0.5) is 5.69 Å². The molecule has 0 saturated heterocycles. The minimum Gasteiger partial charge on any atom is -0.323 e. The van der Waals surface area contributed by atoms with Gasteiger partial charge < -0.3 is 5.43 Å². The van der Waals surface area contributed by atoms with Crippen molar-refractivity contribution in [2.45, 2.75) is 6.92 Å². The Balaban J connectivity index is 2.79. The highest BCUT2D eigenvalue weighted by Gasteiger charge is 1.99. The van der Waals surface area contributed by atoms with Crippen LogP contribution >= 0.6 is 0 Å². The second-order valence-corrected chi connectivity index (χ2v) is 3.03. The van der Waals surface area contributed by atoms with Gasteiger partial charge in [-0.25, -0.2) is 0 Å². The number of fused-ring (bicyclic) bond motifs is 1. The Morgan fingerprint density at radius 3 is 3.00 bits per heavy atom. The first-order valence-electron chi connectivity index (χ1n) is 4.13. The van der Waals surface area contributed by atoms with E-state index in [9.17, 15) is 0 Å². The van der Waals surface area contributed by atoms with Crippen LogP contribution < -0.4 is 11.3 Å². The van der Waals surface area contributed by atoms with Gasteiger partial charge >= 0.3 is 0 Å². The molecule has 2 rings (SSSR count). The van der Waals surface area contributed by atoms with E-state index in [-0.39, 0.29) is 0 Å². The van der Waals surface area contributed by atoms with Crippen LogP contribution in [0.3, 0.4) is 0 Å². The Kier molecular flexibility index (Phi) is 1.87. The van der Waals surface area contributed by atoms with Gasteiger partial charge in [0.2, 0.25) is 0 Å². The van der Waals surface area contributed by atoms with Gasteiger partial charge in [0.1, 0.15) is 0 Å². The van der Waals surface area contributed by atoms with E-state index in [1.54, 1.807) is 0 Å². The first-order valence-corrected chi connectivity index (χ1v) is 4.13. The molecule has 3 N–H and O–H groups in total. The van der Waals surface area contributed by atoms with E-state index in [1.165, 1.54) is 0 Å². The van der Waals surface area contributed by atoms with Gasteiger partial charge in [-0.1, -0.05) is 6.07 Å². The number of nitrogens with one attached hydrogen (secondary N) is 1. The largest absolute Gasteiger partial charge is 0.323 e. The number of pyridine rings is 1. The van der Waals surface area contributed by atoms with E-state index in [4.69, 9.17) is 5.84 Å². The highest BCUT2D eigenvalue weighted by molar-refractivity contribution is 5.91. The lowest BCUT2D eigenvalue weighted by atomic mass is 10.1. The number of hydrogen-bond acceptors (Lipinski definition) is 3. The average molecular weight is 173 g/mol. The number of nitrogens with two attached hydrogens (primary N) is 1. The number of hydrazine groups is 1. The third kappa shape index (κ3) is 1.34. The molecule has 1 heterocycles. The van der Waals surface area contributed by atoms with E-state index < -0.39 is 0 Å². The number of nitrogens with zero attached hydrogens (tertiary/aromatic N) is 1. The summed E-state index contributed by atoms with van der Waals surface area (Å²) in [5, 5.41) is 1.06. The van der Waals surface area contributed by atoms with E-state index in [1.807, 2.05) is 31.3 Å². The zero-order valence-corrected chi connectivity index (χ0v) is 7.41. The van der Waals surface area contributed by atoms with Crippen molar-refractivity contribution in [3.05, 3.63) is 36.0 Å². The summed E-state index contributed by atoms with van der Waals surface area (Å²) in [5.41, 5.74) is 5.66. The lowest BCUT2D eigenvalue weighted by Crippen LogP contribution is -2.07. The fraction of sp³-hybridized carbons (Fsp3) is 0.100. The van der Waals surface area contributed by atoms with Crippen LogP contribution in [0.1, 0.15) is 5.56 Å². The molecule has 1 aromatic heterocycles. The van der Waals surface area contributed by atoms with Crippen LogP contribution in [0.2, 0.25) is 0 Å². The number of nitrogen functional groups attached to an aromatic ring is 1. The minimum atomic E-state index is 0.911. The molecule has 0 fully saturated rings. The summed E-state index contributed by atoms with van der Waals surface area (Å²) in [4.78, 5) is 4.29. The van der Waals surface area contributed by atoms with Crippen LogP contribution in [0.25, 0.3) is 10.9 Å². The van der Waals surface area contributed by atoms with Crippen LogP contribution in [-0.2, 0) is 0 Å². The highest BCUT2D eigenvalue weighted by Crippen LogP contribution is 2.21. The summed E-state index contributed by atoms with van der Waals surface area (Å²) in [7, 11) is 0. The molecule has 0 atom stereocenters. The van der Waals surface area contributed by atoms with Crippen molar-refractivity contribution in [1.82, 2.24) is 4.98 Å². The Morgan fingerprint density at radius 2 is 2.23 bits per heavy atom. The molecule has 0 aliphatic rings. The van der Waals surface area contributed by atoms with Crippen LogP contribution in [0.5, 0.6) is 0 Å². The van der Waals surface area contributed by atoms with Crippen molar-refractivity contribution in [3.8, 4) is 0 Å². The summed E-state index contributed by atoms with van der Waals surface area (Å²) in [6, 6.07) is 7.90.